The van der Waals surface area contributed by atoms with Crippen LogP contribution < -0.4 is 0 Å². The average molecular weight is 198 g/mol. The molecule has 0 aliphatic heterocycles. The van der Waals surface area contributed by atoms with E-state index in [1.54, 1.807) is 0 Å². The quantitative estimate of drug-likeness (QED) is 0.810. The topological polar surface area (TPSA) is 37.3 Å². The fraction of sp³-hybridized carbons (Fsp3) is 0.100. The monoisotopic (exact) mass is 198 g/mol. The van der Waals surface area contributed by atoms with E-state index in [1.165, 1.54) is 18.2 Å². The van der Waals surface area contributed by atoms with Crippen LogP contribution in [0.15, 0.2) is 30.8 Å². The molecule has 14 heavy (non-hydrogen) atoms. The van der Waals surface area contributed by atoms with Gasteiger partial charge in [0, 0.05) is 5.56 Å². The zero-order valence-electron chi connectivity index (χ0n) is 7.21. The third-order valence-electron chi connectivity index (χ3n) is 1.78. The van der Waals surface area contributed by atoms with Crippen LogP contribution in [-0.2, 0) is 10.7 Å². The molecule has 4 heteroatoms. The number of carboxylic acid groups (broad SMARTS) is 1. The van der Waals surface area contributed by atoms with Gasteiger partial charge in [0.15, 0.2) is 0 Å². The molecule has 0 atom stereocenters. The van der Waals surface area contributed by atoms with E-state index in [2.05, 4.69) is 6.58 Å². The lowest BCUT2D eigenvalue weighted by atomic mass is 10.1. The van der Waals surface area contributed by atoms with Crippen molar-refractivity contribution in [1.82, 2.24) is 0 Å². The first-order chi connectivity index (χ1) is 6.48. The van der Waals surface area contributed by atoms with Crippen molar-refractivity contribution < 1.29 is 18.7 Å². The summed E-state index contributed by atoms with van der Waals surface area (Å²) in [5.41, 5.74) is 0.130. The number of aliphatic carboxylic acids is 1. The standard InChI is InChI=1S/C10H8F2O2/c1-2-7-3-5-8(6-4-7)10(11,12)9(13)14/h2-6H,1H2,(H,13,14). The smallest absolute Gasteiger partial charge is 0.379 e. The van der Waals surface area contributed by atoms with Crippen LogP contribution in [0.2, 0.25) is 0 Å². The Bertz CT molecular complexity index is 355. The van der Waals surface area contributed by atoms with Crippen molar-refractivity contribution in [1.29, 1.82) is 0 Å². The minimum atomic E-state index is -3.83. The van der Waals surface area contributed by atoms with Crippen molar-refractivity contribution >= 4 is 12.0 Å². The minimum Gasteiger partial charge on any atom is -0.477 e. The first-order valence-corrected chi connectivity index (χ1v) is 3.82. The summed E-state index contributed by atoms with van der Waals surface area (Å²) in [5, 5.41) is 8.25. The lowest BCUT2D eigenvalue weighted by Gasteiger charge is -2.10. The van der Waals surface area contributed by atoms with Gasteiger partial charge in [-0.2, -0.15) is 8.78 Å². The largest absolute Gasteiger partial charge is 0.477 e. The Morgan fingerprint density at radius 2 is 1.86 bits per heavy atom. The van der Waals surface area contributed by atoms with Gasteiger partial charge in [-0.15, -0.1) is 0 Å². The van der Waals surface area contributed by atoms with Crippen LogP contribution >= 0.6 is 0 Å². The number of hydrogen-bond donors (Lipinski definition) is 1. The van der Waals surface area contributed by atoms with E-state index in [0.717, 1.165) is 12.1 Å². The number of carbonyl (C=O) groups is 1. The van der Waals surface area contributed by atoms with Crippen molar-refractivity contribution in [3.8, 4) is 0 Å². The minimum absolute atomic E-state index is 0.532. The molecule has 0 saturated carbocycles. The summed E-state index contributed by atoms with van der Waals surface area (Å²) in [6, 6.07) is 4.93. The van der Waals surface area contributed by atoms with Gasteiger partial charge < -0.3 is 5.11 Å². The predicted octanol–water partition coefficient (Wildman–Crippen LogP) is 2.51. The first kappa shape index (κ1) is 10.4. The number of hydrogen-bond acceptors (Lipinski definition) is 1. The van der Waals surface area contributed by atoms with Gasteiger partial charge in [0.05, 0.1) is 0 Å². The molecule has 0 aliphatic carbocycles. The molecule has 0 amide bonds. The van der Waals surface area contributed by atoms with Gasteiger partial charge in [-0.3, -0.25) is 0 Å². The molecule has 0 saturated heterocycles. The van der Waals surface area contributed by atoms with Gasteiger partial charge in [0.25, 0.3) is 0 Å². The highest BCUT2D eigenvalue weighted by Gasteiger charge is 2.40. The Morgan fingerprint density at radius 3 is 2.21 bits per heavy atom. The Labute approximate surface area is 79.5 Å². The van der Waals surface area contributed by atoms with Crippen LogP contribution in [0, 0.1) is 0 Å². The molecule has 1 aromatic carbocycles. The highest BCUT2D eigenvalue weighted by atomic mass is 19.3. The average Bonchev–Trinajstić information content (AvgIpc) is 2.17. The molecule has 0 fully saturated rings. The van der Waals surface area contributed by atoms with Crippen LogP contribution in [0.25, 0.3) is 6.08 Å². The molecule has 0 spiro atoms. The van der Waals surface area contributed by atoms with Crippen LogP contribution in [-0.4, -0.2) is 11.1 Å². The Balaban J connectivity index is 3.08. The second-order valence-corrected chi connectivity index (χ2v) is 2.71. The summed E-state index contributed by atoms with van der Waals surface area (Å²) in [5.74, 6) is -5.98. The first-order valence-electron chi connectivity index (χ1n) is 3.82. The highest BCUT2D eigenvalue weighted by molar-refractivity contribution is 5.77. The van der Waals surface area contributed by atoms with E-state index in [0.29, 0.717) is 5.56 Å². The predicted molar refractivity (Wildman–Crippen MR) is 48.1 cm³/mol. The number of rotatable bonds is 3. The van der Waals surface area contributed by atoms with E-state index >= 15 is 0 Å². The second-order valence-electron chi connectivity index (χ2n) is 2.71. The fourth-order valence-corrected chi connectivity index (χ4v) is 0.952. The Morgan fingerprint density at radius 1 is 1.36 bits per heavy atom. The van der Waals surface area contributed by atoms with Crippen molar-refractivity contribution in [2.45, 2.75) is 5.92 Å². The van der Waals surface area contributed by atoms with Gasteiger partial charge in [-0.05, 0) is 5.56 Å². The number of halogens is 2. The Hall–Kier alpha value is -1.71. The lowest BCUT2D eigenvalue weighted by Crippen LogP contribution is -2.25. The molecule has 0 aliphatic rings. The molecule has 0 radical (unpaired) electrons. The summed E-state index contributed by atoms with van der Waals surface area (Å²) in [6.45, 7) is 3.45. The molecule has 1 aromatic rings. The van der Waals surface area contributed by atoms with Crippen molar-refractivity contribution in [3.63, 3.8) is 0 Å². The number of benzene rings is 1. The van der Waals surface area contributed by atoms with Crippen molar-refractivity contribution in [3.05, 3.63) is 42.0 Å². The van der Waals surface area contributed by atoms with Gasteiger partial charge in [0.1, 0.15) is 0 Å². The maximum absolute atomic E-state index is 12.9. The van der Waals surface area contributed by atoms with Crippen molar-refractivity contribution in [2.75, 3.05) is 0 Å². The van der Waals surface area contributed by atoms with Gasteiger partial charge in [-0.25, -0.2) is 4.79 Å². The third-order valence-corrected chi connectivity index (χ3v) is 1.78. The normalized spacial score (nSPS) is 11.0. The van der Waals surface area contributed by atoms with E-state index in [9.17, 15) is 13.6 Å². The van der Waals surface area contributed by atoms with E-state index in [-0.39, 0.29) is 0 Å². The van der Waals surface area contributed by atoms with Crippen LogP contribution in [0.4, 0.5) is 8.78 Å². The molecule has 0 bridgehead atoms. The molecule has 1 rings (SSSR count). The molecule has 0 heterocycles. The Kier molecular flexibility index (Phi) is 2.65. The summed E-state index contributed by atoms with van der Waals surface area (Å²) >= 11 is 0. The molecule has 0 unspecified atom stereocenters. The van der Waals surface area contributed by atoms with Crippen LogP contribution in [0.1, 0.15) is 11.1 Å². The van der Waals surface area contributed by atoms with Crippen LogP contribution in [0.5, 0.6) is 0 Å². The molecular weight excluding hydrogens is 190 g/mol. The van der Waals surface area contributed by atoms with E-state index in [1.807, 2.05) is 0 Å². The maximum Gasteiger partial charge on any atom is 0.379 e. The molecule has 2 nitrogen and oxygen atoms in total. The van der Waals surface area contributed by atoms with Crippen molar-refractivity contribution in [2.24, 2.45) is 0 Å². The molecule has 74 valence electrons. The number of carboxylic acids is 1. The fourth-order valence-electron chi connectivity index (χ4n) is 0.952. The van der Waals surface area contributed by atoms with Gasteiger partial charge in [0.2, 0.25) is 0 Å². The van der Waals surface area contributed by atoms with Gasteiger partial charge in [-0.1, -0.05) is 36.9 Å². The highest BCUT2D eigenvalue weighted by Crippen LogP contribution is 2.28. The molecular formula is C10H8F2O2. The lowest BCUT2D eigenvalue weighted by molar-refractivity contribution is -0.166. The second kappa shape index (κ2) is 3.57. The molecule has 1 N–H and O–H groups in total. The molecule has 0 aromatic heterocycles. The summed E-state index contributed by atoms with van der Waals surface area (Å²) in [6.07, 6.45) is 1.49. The SMILES string of the molecule is C=Cc1ccc(C(F)(F)C(=O)O)cc1. The zero-order chi connectivity index (χ0) is 10.8. The summed E-state index contributed by atoms with van der Waals surface area (Å²) < 4.78 is 25.8. The van der Waals surface area contributed by atoms with E-state index in [4.69, 9.17) is 5.11 Å². The summed E-state index contributed by atoms with van der Waals surface area (Å²) in [4.78, 5) is 10.2. The third kappa shape index (κ3) is 1.79. The van der Waals surface area contributed by atoms with E-state index < -0.39 is 17.5 Å². The number of alkyl halides is 2. The maximum atomic E-state index is 12.9. The summed E-state index contributed by atoms with van der Waals surface area (Å²) in [7, 11) is 0. The van der Waals surface area contributed by atoms with Crippen LogP contribution in [0.3, 0.4) is 0 Å². The van der Waals surface area contributed by atoms with Gasteiger partial charge >= 0.3 is 11.9 Å². The zero-order valence-corrected chi connectivity index (χ0v) is 7.21.